The zero-order valence-electron chi connectivity index (χ0n) is 17.6. The molecule has 1 aliphatic rings. The first-order chi connectivity index (χ1) is 14.4. The summed E-state index contributed by atoms with van der Waals surface area (Å²) in [6.07, 6.45) is -0.299. The predicted octanol–water partition coefficient (Wildman–Crippen LogP) is 3.25. The van der Waals surface area contributed by atoms with Gasteiger partial charge in [-0.1, -0.05) is 13.8 Å². The van der Waals surface area contributed by atoms with Crippen LogP contribution in [0, 0.1) is 5.92 Å². The standard InChI is InChI=1S/C21H28N4O4S/c1-15(2)13-29-21(27)23-20-22-16(14-30-20)12-19(26)25-10-8-24(9-11-25)17-4-6-18(28-3)7-5-17/h4-7,14-15H,8-13H2,1-3H3,(H,22,23,27). The smallest absolute Gasteiger partial charge is 0.413 e. The molecule has 8 nitrogen and oxygen atoms in total. The average molecular weight is 433 g/mol. The molecule has 3 rings (SSSR count). The second-order valence-corrected chi connectivity index (χ2v) is 8.36. The van der Waals surface area contributed by atoms with Crippen LogP contribution in [-0.4, -0.2) is 61.8 Å². The third-order valence-corrected chi connectivity index (χ3v) is 5.52. The summed E-state index contributed by atoms with van der Waals surface area (Å²) < 4.78 is 10.3. The molecule has 0 aliphatic carbocycles. The van der Waals surface area contributed by atoms with Crippen molar-refractivity contribution in [1.29, 1.82) is 0 Å². The number of anilines is 2. The Morgan fingerprint density at radius 1 is 1.17 bits per heavy atom. The molecule has 1 aliphatic heterocycles. The molecule has 1 N–H and O–H groups in total. The molecule has 2 amide bonds. The molecule has 0 unspecified atom stereocenters. The van der Waals surface area contributed by atoms with Gasteiger partial charge in [-0.05, 0) is 30.2 Å². The molecule has 30 heavy (non-hydrogen) atoms. The number of nitrogens with zero attached hydrogens (tertiary/aromatic N) is 3. The summed E-state index contributed by atoms with van der Waals surface area (Å²) in [6, 6.07) is 7.96. The molecule has 1 aromatic heterocycles. The number of amides is 2. The normalized spacial score (nSPS) is 14.0. The molecular weight excluding hydrogens is 404 g/mol. The van der Waals surface area contributed by atoms with Gasteiger partial charge in [0.2, 0.25) is 5.91 Å². The van der Waals surface area contributed by atoms with E-state index in [4.69, 9.17) is 9.47 Å². The second-order valence-electron chi connectivity index (χ2n) is 7.50. The number of methoxy groups -OCH3 is 1. The zero-order chi connectivity index (χ0) is 21.5. The summed E-state index contributed by atoms with van der Waals surface area (Å²) >= 11 is 1.29. The molecule has 9 heteroatoms. The first-order valence-electron chi connectivity index (χ1n) is 9.99. The van der Waals surface area contributed by atoms with Gasteiger partial charge in [0, 0.05) is 37.2 Å². The lowest BCUT2D eigenvalue weighted by Crippen LogP contribution is -2.49. The third-order valence-electron chi connectivity index (χ3n) is 4.71. The van der Waals surface area contributed by atoms with Crippen molar-refractivity contribution in [3.05, 3.63) is 35.3 Å². The van der Waals surface area contributed by atoms with Crippen molar-refractivity contribution in [2.45, 2.75) is 20.3 Å². The highest BCUT2D eigenvalue weighted by molar-refractivity contribution is 7.13. The van der Waals surface area contributed by atoms with Crippen LogP contribution in [-0.2, 0) is 16.0 Å². The van der Waals surface area contributed by atoms with E-state index in [0.29, 0.717) is 30.5 Å². The van der Waals surface area contributed by atoms with E-state index in [2.05, 4.69) is 15.2 Å². The minimum atomic E-state index is -0.523. The van der Waals surface area contributed by atoms with E-state index in [-0.39, 0.29) is 18.2 Å². The minimum absolute atomic E-state index is 0.0450. The number of ether oxygens (including phenoxy) is 2. The largest absolute Gasteiger partial charge is 0.497 e. The summed E-state index contributed by atoms with van der Waals surface area (Å²) in [5.74, 6) is 1.15. The summed E-state index contributed by atoms with van der Waals surface area (Å²) in [7, 11) is 1.65. The van der Waals surface area contributed by atoms with Crippen molar-refractivity contribution < 1.29 is 19.1 Å². The molecule has 0 saturated carbocycles. The fourth-order valence-electron chi connectivity index (χ4n) is 3.09. The van der Waals surface area contributed by atoms with Gasteiger partial charge in [-0.25, -0.2) is 9.78 Å². The molecule has 2 aromatic rings. The highest BCUT2D eigenvalue weighted by Crippen LogP contribution is 2.21. The van der Waals surface area contributed by atoms with E-state index in [1.54, 1.807) is 12.5 Å². The van der Waals surface area contributed by atoms with Crippen molar-refractivity contribution in [3.63, 3.8) is 0 Å². The Morgan fingerprint density at radius 2 is 1.87 bits per heavy atom. The minimum Gasteiger partial charge on any atom is -0.497 e. The van der Waals surface area contributed by atoms with Gasteiger partial charge in [0.05, 0.1) is 25.8 Å². The van der Waals surface area contributed by atoms with E-state index < -0.39 is 6.09 Å². The molecular formula is C21H28N4O4S. The van der Waals surface area contributed by atoms with Gasteiger partial charge in [-0.3, -0.25) is 10.1 Å². The number of piperazine rings is 1. The fourth-order valence-corrected chi connectivity index (χ4v) is 3.78. The lowest BCUT2D eigenvalue weighted by atomic mass is 10.2. The first kappa shape index (κ1) is 21.9. The van der Waals surface area contributed by atoms with E-state index in [1.807, 2.05) is 43.0 Å². The highest BCUT2D eigenvalue weighted by Gasteiger charge is 2.22. The van der Waals surface area contributed by atoms with E-state index in [9.17, 15) is 9.59 Å². The van der Waals surface area contributed by atoms with Crippen molar-refractivity contribution in [2.24, 2.45) is 5.92 Å². The van der Waals surface area contributed by atoms with Gasteiger partial charge in [0.25, 0.3) is 0 Å². The van der Waals surface area contributed by atoms with Crippen LogP contribution in [0.1, 0.15) is 19.5 Å². The number of hydrogen-bond acceptors (Lipinski definition) is 7. The Bertz CT molecular complexity index is 845. The Kier molecular flexibility index (Phi) is 7.51. The van der Waals surface area contributed by atoms with Gasteiger partial charge in [0.15, 0.2) is 5.13 Å². The molecule has 1 aromatic carbocycles. The third kappa shape index (κ3) is 6.09. The van der Waals surface area contributed by atoms with Gasteiger partial charge < -0.3 is 19.3 Å². The molecule has 0 atom stereocenters. The molecule has 0 bridgehead atoms. The quantitative estimate of drug-likeness (QED) is 0.723. The van der Waals surface area contributed by atoms with Crippen LogP contribution in [0.3, 0.4) is 0 Å². The second kappa shape index (κ2) is 10.3. The lowest BCUT2D eigenvalue weighted by Gasteiger charge is -2.36. The van der Waals surface area contributed by atoms with Crippen LogP contribution in [0.4, 0.5) is 15.6 Å². The number of nitrogens with one attached hydrogen (secondary N) is 1. The highest BCUT2D eigenvalue weighted by atomic mass is 32.1. The van der Waals surface area contributed by atoms with Crippen molar-refractivity contribution in [1.82, 2.24) is 9.88 Å². The Balaban J connectivity index is 1.45. The van der Waals surface area contributed by atoms with Crippen LogP contribution in [0.15, 0.2) is 29.6 Å². The summed E-state index contributed by atoms with van der Waals surface area (Å²) in [4.78, 5) is 32.8. The SMILES string of the molecule is COc1ccc(N2CCN(C(=O)Cc3csc(NC(=O)OCC(C)C)n3)CC2)cc1. The fraction of sp³-hybridized carbons (Fsp3) is 0.476. The van der Waals surface area contributed by atoms with E-state index in [1.165, 1.54) is 11.3 Å². The van der Waals surface area contributed by atoms with Gasteiger partial charge in [0.1, 0.15) is 5.75 Å². The molecule has 162 valence electrons. The molecule has 1 fully saturated rings. The number of carbonyl (C=O) groups is 2. The van der Waals surface area contributed by atoms with Crippen LogP contribution >= 0.6 is 11.3 Å². The maximum atomic E-state index is 12.6. The Hall–Kier alpha value is -2.81. The van der Waals surface area contributed by atoms with Crippen LogP contribution < -0.4 is 15.0 Å². The van der Waals surface area contributed by atoms with Crippen LogP contribution in [0.2, 0.25) is 0 Å². The number of benzene rings is 1. The van der Waals surface area contributed by atoms with E-state index in [0.717, 1.165) is 24.5 Å². The number of aromatic nitrogens is 1. The van der Waals surface area contributed by atoms with Crippen molar-refractivity contribution in [3.8, 4) is 5.75 Å². The predicted molar refractivity (Wildman–Crippen MR) is 117 cm³/mol. The molecule has 2 heterocycles. The number of thiazole rings is 1. The van der Waals surface area contributed by atoms with Gasteiger partial charge >= 0.3 is 6.09 Å². The van der Waals surface area contributed by atoms with Gasteiger partial charge in [-0.2, -0.15) is 0 Å². The summed E-state index contributed by atoms with van der Waals surface area (Å²) in [5.41, 5.74) is 1.78. The van der Waals surface area contributed by atoms with E-state index >= 15 is 0 Å². The van der Waals surface area contributed by atoms with Crippen LogP contribution in [0.5, 0.6) is 5.75 Å². The number of rotatable bonds is 7. The topological polar surface area (TPSA) is 84.0 Å². The zero-order valence-corrected chi connectivity index (χ0v) is 18.4. The number of carbonyl (C=O) groups excluding carboxylic acids is 2. The molecule has 0 spiro atoms. The maximum absolute atomic E-state index is 12.6. The first-order valence-corrected chi connectivity index (χ1v) is 10.9. The molecule has 1 saturated heterocycles. The monoisotopic (exact) mass is 432 g/mol. The Morgan fingerprint density at radius 3 is 2.50 bits per heavy atom. The van der Waals surface area contributed by atoms with Crippen molar-refractivity contribution in [2.75, 3.05) is 50.1 Å². The summed E-state index contributed by atoms with van der Waals surface area (Å²) in [5, 5.41) is 4.84. The summed E-state index contributed by atoms with van der Waals surface area (Å²) in [6.45, 7) is 7.19. The van der Waals surface area contributed by atoms with Crippen LogP contribution in [0.25, 0.3) is 0 Å². The maximum Gasteiger partial charge on any atom is 0.413 e. The lowest BCUT2D eigenvalue weighted by molar-refractivity contribution is -0.130. The average Bonchev–Trinajstić information content (AvgIpc) is 3.19. The van der Waals surface area contributed by atoms with Crippen molar-refractivity contribution >= 4 is 34.2 Å². The molecule has 0 radical (unpaired) electrons. The number of hydrogen-bond donors (Lipinski definition) is 1. The Labute approximate surface area is 180 Å². The van der Waals surface area contributed by atoms with Gasteiger partial charge in [-0.15, -0.1) is 11.3 Å².